The number of hydrogen-bond donors (Lipinski definition) is 0. The highest BCUT2D eigenvalue weighted by Gasteiger charge is 2.41. The highest BCUT2D eigenvalue weighted by molar-refractivity contribution is 6.74. The van der Waals surface area contributed by atoms with E-state index < -0.39 is 8.32 Å². The molecule has 31 heavy (non-hydrogen) atoms. The van der Waals surface area contributed by atoms with Gasteiger partial charge in [0.05, 0.1) is 12.2 Å². The Hall–Kier alpha value is -1.84. The number of benzene rings is 3. The molecule has 3 aromatic rings. The number of rotatable bonds is 7. The average molecular weight is 435 g/mol. The van der Waals surface area contributed by atoms with Crippen LogP contribution in [0.5, 0.6) is 5.75 Å². The first-order valence-corrected chi connectivity index (χ1v) is 14.6. The molecule has 0 amide bonds. The molecule has 1 aliphatic rings. The van der Waals surface area contributed by atoms with Gasteiger partial charge in [0.25, 0.3) is 0 Å². The van der Waals surface area contributed by atoms with Crippen LogP contribution in [0.15, 0.2) is 48.5 Å². The van der Waals surface area contributed by atoms with E-state index in [0.29, 0.717) is 0 Å². The lowest BCUT2D eigenvalue weighted by Crippen LogP contribution is -2.48. The van der Waals surface area contributed by atoms with Crippen molar-refractivity contribution in [2.24, 2.45) is 5.92 Å². The SMILES string of the molecule is CC(C)(Cc1ccc2ccc3ccc(OCC4CC4)cc3c2c1)O[Si](C)(C)C(C)(C)C. The third-order valence-electron chi connectivity index (χ3n) is 7.03. The van der Waals surface area contributed by atoms with Crippen LogP contribution in [-0.2, 0) is 10.8 Å². The highest BCUT2D eigenvalue weighted by atomic mass is 28.4. The zero-order valence-electron chi connectivity index (χ0n) is 20.3. The molecule has 0 spiro atoms. The molecule has 2 nitrogen and oxygen atoms in total. The maximum atomic E-state index is 6.79. The molecule has 3 aromatic carbocycles. The third-order valence-corrected chi connectivity index (χ3v) is 11.7. The van der Waals surface area contributed by atoms with Crippen LogP contribution in [0, 0.1) is 5.92 Å². The van der Waals surface area contributed by atoms with Gasteiger partial charge >= 0.3 is 0 Å². The molecule has 1 fully saturated rings. The predicted octanol–water partition coefficient (Wildman–Crippen LogP) is 8.12. The summed E-state index contributed by atoms with van der Waals surface area (Å²) in [7, 11) is -1.83. The highest BCUT2D eigenvalue weighted by Crippen LogP contribution is 2.40. The van der Waals surface area contributed by atoms with Crippen molar-refractivity contribution >= 4 is 29.9 Å². The van der Waals surface area contributed by atoms with Gasteiger partial charge in [-0.05, 0) is 96.4 Å². The second-order valence-corrected chi connectivity index (χ2v) is 16.3. The van der Waals surface area contributed by atoms with E-state index in [1.165, 1.54) is 39.9 Å². The van der Waals surface area contributed by atoms with Gasteiger partial charge in [-0.2, -0.15) is 0 Å². The van der Waals surface area contributed by atoms with Crippen molar-refractivity contribution in [3.05, 3.63) is 54.1 Å². The first-order valence-electron chi connectivity index (χ1n) is 11.7. The molecule has 0 aliphatic heterocycles. The molecule has 0 aromatic heterocycles. The fourth-order valence-corrected chi connectivity index (χ4v) is 5.91. The zero-order chi connectivity index (χ0) is 22.4. The van der Waals surface area contributed by atoms with Gasteiger partial charge < -0.3 is 9.16 Å². The average Bonchev–Trinajstić information content (AvgIpc) is 3.48. The van der Waals surface area contributed by atoms with Crippen molar-refractivity contribution in [2.75, 3.05) is 6.61 Å². The molecule has 1 saturated carbocycles. The summed E-state index contributed by atoms with van der Waals surface area (Å²) in [6.45, 7) is 16.9. The molecule has 0 radical (unpaired) electrons. The van der Waals surface area contributed by atoms with Gasteiger partial charge in [-0.25, -0.2) is 0 Å². The van der Waals surface area contributed by atoms with Crippen LogP contribution in [0.1, 0.15) is 53.0 Å². The van der Waals surface area contributed by atoms with Crippen molar-refractivity contribution in [3.8, 4) is 5.75 Å². The molecule has 4 rings (SSSR count). The van der Waals surface area contributed by atoms with Gasteiger partial charge in [0, 0.05) is 0 Å². The van der Waals surface area contributed by atoms with E-state index in [0.717, 1.165) is 24.7 Å². The van der Waals surface area contributed by atoms with E-state index in [1.807, 2.05) is 0 Å². The Morgan fingerprint density at radius 1 is 0.839 bits per heavy atom. The standard InChI is InChI=1S/C28H38O2Si/c1-27(2,3)31(6,7)30-28(4,5)18-21-10-11-22-12-13-23-14-15-24(29-19-20-8-9-20)17-26(23)25(22)16-21/h10-17,20H,8-9,18-19H2,1-7H3. The van der Waals surface area contributed by atoms with E-state index in [-0.39, 0.29) is 10.6 Å². The van der Waals surface area contributed by atoms with Crippen LogP contribution >= 0.6 is 0 Å². The summed E-state index contributed by atoms with van der Waals surface area (Å²) >= 11 is 0. The molecular formula is C28H38O2Si. The molecule has 0 N–H and O–H groups in total. The topological polar surface area (TPSA) is 18.5 Å². The summed E-state index contributed by atoms with van der Waals surface area (Å²) in [6.07, 6.45) is 3.53. The molecule has 1 aliphatic carbocycles. The van der Waals surface area contributed by atoms with E-state index in [4.69, 9.17) is 9.16 Å². The zero-order valence-corrected chi connectivity index (χ0v) is 21.3. The van der Waals surface area contributed by atoms with Crippen molar-refractivity contribution in [1.82, 2.24) is 0 Å². The van der Waals surface area contributed by atoms with E-state index in [1.54, 1.807) is 0 Å². The fraction of sp³-hybridized carbons (Fsp3) is 0.500. The molecule has 0 heterocycles. The Morgan fingerprint density at radius 3 is 2.03 bits per heavy atom. The van der Waals surface area contributed by atoms with Gasteiger partial charge in [0.2, 0.25) is 0 Å². The largest absolute Gasteiger partial charge is 0.493 e. The van der Waals surface area contributed by atoms with Gasteiger partial charge in [-0.15, -0.1) is 0 Å². The van der Waals surface area contributed by atoms with Crippen LogP contribution in [0.2, 0.25) is 18.1 Å². The summed E-state index contributed by atoms with van der Waals surface area (Å²) in [5.41, 5.74) is 1.13. The molecule has 166 valence electrons. The van der Waals surface area contributed by atoms with Crippen LogP contribution in [0.4, 0.5) is 0 Å². The fourth-order valence-electron chi connectivity index (χ4n) is 4.15. The lowest BCUT2D eigenvalue weighted by Gasteiger charge is -2.43. The normalized spacial score (nSPS) is 15.6. The maximum Gasteiger partial charge on any atom is 0.192 e. The minimum atomic E-state index is -1.83. The van der Waals surface area contributed by atoms with Gasteiger partial charge in [-0.1, -0.05) is 57.2 Å². The van der Waals surface area contributed by atoms with Gasteiger partial charge in [0.15, 0.2) is 8.32 Å². The van der Waals surface area contributed by atoms with Crippen molar-refractivity contribution in [3.63, 3.8) is 0 Å². The van der Waals surface area contributed by atoms with Crippen LogP contribution < -0.4 is 4.74 Å². The monoisotopic (exact) mass is 434 g/mol. The smallest absolute Gasteiger partial charge is 0.192 e. The van der Waals surface area contributed by atoms with E-state index in [2.05, 4.69) is 96.2 Å². The third kappa shape index (κ3) is 5.15. The van der Waals surface area contributed by atoms with E-state index >= 15 is 0 Å². The lowest BCUT2D eigenvalue weighted by atomic mass is 9.94. The summed E-state index contributed by atoms with van der Waals surface area (Å²) in [4.78, 5) is 0. The maximum absolute atomic E-state index is 6.79. The second kappa shape index (κ2) is 7.93. The number of fused-ring (bicyclic) bond motifs is 3. The van der Waals surface area contributed by atoms with Crippen LogP contribution in [0.3, 0.4) is 0 Å². The molecule has 0 atom stereocenters. The van der Waals surface area contributed by atoms with Crippen molar-refractivity contribution in [1.29, 1.82) is 0 Å². The van der Waals surface area contributed by atoms with Crippen LogP contribution in [-0.4, -0.2) is 20.5 Å². The second-order valence-electron chi connectivity index (χ2n) is 11.6. The molecule has 3 heteroatoms. The molecule has 0 bridgehead atoms. The summed E-state index contributed by atoms with van der Waals surface area (Å²) in [6, 6.07) is 17.8. The molecular weight excluding hydrogens is 396 g/mol. The Kier molecular flexibility index (Phi) is 5.72. The first-order chi connectivity index (χ1) is 14.4. The van der Waals surface area contributed by atoms with Crippen LogP contribution in [0.25, 0.3) is 21.5 Å². The minimum absolute atomic E-state index is 0.195. The Balaban J connectivity index is 1.63. The first kappa shape index (κ1) is 22.4. The summed E-state index contributed by atoms with van der Waals surface area (Å²) in [5.74, 6) is 1.75. The minimum Gasteiger partial charge on any atom is -0.493 e. The number of hydrogen-bond acceptors (Lipinski definition) is 2. The summed E-state index contributed by atoms with van der Waals surface area (Å²) < 4.78 is 12.9. The van der Waals surface area contributed by atoms with E-state index in [9.17, 15) is 0 Å². The summed E-state index contributed by atoms with van der Waals surface area (Å²) in [5, 5.41) is 5.32. The predicted molar refractivity (Wildman–Crippen MR) is 136 cm³/mol. The molecule has 0 unspecified atom stereocenters. The quantitative estimate of drug-likeness (QED) is 0.276. The Labute approximate surface area is 189 Å². The van der Waals surface area contributed by atoms with Crippen molar-refractivity contribution in [2.45, 2.75) is 77.6 Å². The molecule has 0 saturated heterocycles. The van der Waals surface area contributed by atoms with Crippen molar-refractivity contribution < 1.29 is 9.16 Å². The Morgan fingerprint density at radius 2 is 1.42 bits per heavy atom. The number of ether oxygens (including phenoxy) is 1. The Bertz CT molecular complexity index is 1090. The van der Waals surface area contributed by atoms with Gasteiger partial charge in [-0.3, -0.25) is 0 Å². The van der Waals surface area contributed by atoms with Gasteiger partial charge in [0.1, 0.15) is 5.75 Å². The lowest BCUT2D eigenvalue weighted by molar-refractivity contribution is 0.0921.